The fraction of sp³-hybridized carbons (Fsp3) is 0.200. The average molecular weight is 241 g/mol. The highest BCUT2D eigenvalue weighted by Crippen LogP contribution is 2.22. The summed E-state index contributed by atoms with van der Waals surface area (Å²) in [6.07, 6.45) is 3.32. The first-order valence-electron chi connectivity index (χ1n) is 5.91. The SMILES string of the molecule is CCOc1ccccc1C(=O)c1ccncc1C. The van der Waals surface area contributed by atoms with E-state index in [2.05, 4.69) is 4.98 Å². The van der Waals surface area contributed by atoms with Crippen molar-refractivity contribution in [1.29, 1.82) is 0 Å². The third-order valence-electron chi connectivity index (χ3n) is 2.70. The van der Waals surface area contributed by atoms with Crippen LogP contribution in [-0.4, -0.2) is 17.4 Å². The molecule has 0 saturated heterocycles. The summed E-state index contributed by atoms with van der Waals surface area (Å²) in [5.74, 6) is 0.597. The minimum atomic E-state index is -0.0287. The Labute approximate surface area is 106 Å². The van der Waals surface area contributed by atoms with Gasteiger partial charge < -0.3 is 4.74 Å². The summed E-state index contributed by atoms with van der Waals surface area (Å²) >= 11 is 0. The van der Waals surface area contributed by atoms with E-state index in [1.807, 2.05) is 32.0 Å². The zero-order valence-electron chi connectivity index (χ0n) is 10.5. The van der Waals surface area contributed by atoms with Crippen molar-refractivity contribution in [2.75, 3.05) is 6.61 Å². The molecule has 0 spiro atoms. The Hall–Kier alpha value is -2.16. The van der Waals surface area contributed by atoms with Crippen molar-refractivity contribution in [3.8, 4) is 5.75 Å². The Morgan fingerprint density at radius 1 is 1.22 bits per heavy atom. The number of pyridine rings is 1. The van der Waals surface area contributed by atoms with Gasteiger partial charge in [-0.3, -0.25) is 9.78 Å². The van der Waals surface area contributed by atoms with Crippen molar-refractivity contribution >= 4 is 5.78 Å². The smallest absolute Gasteiger partial charge is 0.197 e. The van der Waals surface area contributed by atoms with Crippen LogP contribution in [0.3, 0.4) is 0 Å². The molecule has 1 aromatic heterocycles. The summed E-state index contributed by atoms with van der Waals surface area (Å²) in [5, 5.41) is 0. The molecule has 3 nitrogen and oxygen atoms in total. The van der Waals surface area contributed by atoms with Gasteiger partial charge in [-0.1, -0.05) is 12.1 Å². The van der Waals surface area contributed by atoms with Crippen LogP contribution in [-0.2, 0) is 0 Å². The predicted octanol–water partition coefficient (Wildman–Crippen LogP) is 3.02. The molecule has 0 bridgehead atoms. The lowest BCUT2D eigenvalue weighted by molar-refractivity contribution is 0.103. The van der Waals surface area contributed by atoms with E-state index in [1.54, 1.807) is 24.5 Å². The molecule has 0 aliphatic heterocycles. The summed E-state index contributed by atoms with van der Waals surface area (Å²) in [4.78, 5) is 16.5. The minimum Gasteiger partial charge on any atom is -0.493 e. The number of carbonyl (C=O) groups excluding carboxylic acids is 1. The second-order valence-corrected chi connectivity index (χ2v) is 3.95. The fourth-order valence-corrected chi connectivity index (χ4v) is 1.81. The number of carbonyl (C=O) groups is 1. The zero-order chi connectivity index (χ0) is 13.0. The van der Waals surface area contributed by atoms with Gasteiger partial charge in [0.25, 0.3) is 0 Å². The number of para-hydroxylation sites is 1. The Bertz CT molecular complexity index is 564. The van der Waals surface area contributed by atoms with E-state index in [-0.39, 0.29) is 5.78 Å². The van der Waals surface area contributed by atoms with Gasteiger partial charge in [0.15, 0.2) is 5.78 Å². The largest absolute Gasteiger partial charge is 0.493 e. The molecule has 0 aliphatic carbocycles. The van der Waals surface area contributed by atoms with Gasteiger partial charge in [0, 0.05) is 18.0 Å². The molecule has 1 aromatic carbocycles. The molecule has 2 aromatic rings. The van der Waals surface area contributed by atoms with Crippen molar-refractivity contribution in [3.63, 3.8) is 0 Å². The molecular formula is C15H15NO2. The molecular weight excluding hydrogens is 226 g/mol. The van der Waals surface area contributed by atoms with E-state index in [9.17, 15) is 4.79 Å². The van der Waals surface area contributed by atoms with E-state index >= 15 is 0 Å². The maximum atomic E-state index is 12.5. The number of aryl methyl sites for hydroxylation is 1. The van der Waals surface area contributed by atoms with Crippen molar-refractivity contribution in [2.45, 2.75) is 13.8 Å². The normalized spacial score (nSPS) is 10.1. The van der Waals surface area contributed by atoms with Gasteiger partial charge in [0.05, 0.1) is 12.2 Å². The van der Waals surface area contributed by atoms with Gasteiger partial charge in [-0.2, -0.15) is 0 Å². The molecule has 0 saturated carbocycles. The molecule has 0 atom stereocenters. The van der Waals surface area contributed by atoms with E-state index in [1.165, 1.54) is 0 Å². The van der Waals surface area contributed by atoms with Crippen LogP contribution >= 0.6 is 0 Å². The van der Waals surface area contributed by atoms with Crippen LogP contribution in [0, 0.1) is 6.92 Å². The first kappa shape index (κ1) is 12.3. The Morgan fingerprint density at radius 3 is 2.72 bits per heavy atom. The molecule has 0 amide bonds. The molecule has 92 valence electrons. The lowest BCUT2D eigenvalue weighted by Crippen LogP contribution is -2.07. The van der Waals surface area contributed by atoms with E-state index in [0.717, 1.165) is 5.56 Å². The molecule has 18 heavy (non-hydrogen) atoms. The third-order valence-corrected chi connectivity index (χ3v) is 2.70. The number of hydrogen-bond donors (Lipinski definition) is 0. The van der Waals surface area contributed by atoms with Crippen LogP contribution < -0.4 is 4.74 Å². The fourth-order valence-electron chi connectivity index (χ4n) is 1.81. The minimum absolute atomic E-state index is 0.0287. The van der Waals surface area contributed by atoms with Gasteiger partial charge in [0.2, 0.25) is 0 Å². The van der Waals surface area contributed by atoms with Crippen molar-refractivity contribution in [3.05, 3.63) is 59.4 Å². The Kier molecular flexibility index (Phi) is 3.72. The molecule has 1 heterocycles. The van der Waals surface area contributed by atoms with Crippen LogP contribution in [0.15, 0.2) is 42.7 Å². The molecule has 0 aliphatic rings. The summed E-state index contributed by atoms with van der Waals surface area (Å²) in [5.41, 5.74) is 2.12. The van der Waals surface area contributed by atoms with Gasteiger partial charge in [-0.25, -0.2) is 0 Å². The zero-order valence-corrected chi connectivity index (χ0v) is 10.5. The lowest BCUT2D eigenvalue weighted by Gasteiger charge is -2.10. The number of ether oxygens (including phenoxy) is 1. The van der Waals surface area contributed by atoms with Gasteiger partial charge >= 0.3 is 0 Å². The van der Waals surface area contributed by atoms with E-state index < -0.39 is 0 Å². The van der Waals surface area contributed by atoms with Crippen LogP contribution in [0.25, 0.3) is 0 Å². The second-order valence-electron chi connectivity index (χ2n) is 3.95. The highest BCUT2D eigenvalue weighted by Gasteiger charge is 2.15. The van der Waals surface area contributed by atoms with Crippen LogP contribution in [0.4, 0.5) is 0 Å². The summed E-state index contributed by atoms with van der Waals surface area (Å²) in [7, 11) is 0. The van der Waals surface area contributed by atoms with Crippen molar-refractivity contribution < 1.29 is 9.53 Å². The maximum Gasteiger partial charge on any atom is 0.197 e. The number of aromatic nitrogens is 1. The Morgan fingerprint density at radius 2 is 2.00 bits per heavy atom. The number of rotatable bonds is 4. The molecule has 0 N–H and O–H groups in total. The molecule has 0 fully saturated rings. The van der Waals surface area contributed by atoms with Gasteiger partial charge in [0.1, 0.15) is 5.75 Å². The summed E-state index contributed by atoms with van der Waals surface area (Å²) in [6, 6.07) is 9.04. The molecule has 0 unspecified atom stereocenters. The van der Waals surface area contributed by atoms with Crippen LogP contribution in [0.2, 0.25) is 0 Å². The molecule has 0 radical (unpaired) electrons. The van der Waals surface area contributed by atoms with E-state index in [0.29, 0.717) is 23.5 Å². The predicted molar refractivity (Wildman–Crippen MR) is 70.0 cm³/mol. The summed E-state index contributed by atoms with van der Waals surface area (Å²) < 4.78 is 5.48. The maximum absolute atomic E-state index is 12.5. The highest BCUT2D eigenvalue weighted by atomic mass is 16.5. The van der Waals surface area contributed by atoms with Crippen LogP contribution in [0.1, 0.15) is 28.4 Å². The standard InChI is InChI=1S/C15H15NO2/c1-3-18-14-7-5-4-6-13(14)15(17)12-8-9-16-10-11(12)2/h4-10H,3H2,1-2H3. The second kappa shape index (κ2) is 5.45. The number of hydrogen-bond acceptors (Lipinski definition) is 3. The number of nitrogens with zero attached hydrogens (tertiary/aromatic N) is 1. The first-order valence-corrected chi connectivity index (χ1v) is 5.91. The first-order chi connectivity index (χ1) is 8.74. The lowest BCUT2D eigenvalue weighted by atomic mass is 10.0. The van der Waals surface area contributed by atoms with Crippen molar-refractivity contribution in [1.82, 2.24) is 4.98 Å². The van der Waals surface area contributed by atoms with E-state index in [4.69, 9.17) is 4.74 Å². The Balaban J connectivity index is 2.43. The third kappa shape index (κ3) is 2.40. The van der Waals surface area contributed by atoms with Crippen LogP contribution in [0.5, 0.6) is 5.75 Å². The quantitative estimate of drug-likeness (QED) is 0.772. The number of ketones is 1. The average Bonchev–Trinajstić information content (AvgIpc) is 2.40. The highest BCUT2D eigenvalue weighted by molar-refractivity contribution is 6.11. The molecule has 3 heteroatoms. The van der Waals surface area contributed by atoms with Gasteiger partial charge in [-0.15, -0.1) is 0 Å². The topological polar surface area (TPSA) is 39.2 Å². The number of benzene rings is 1. The van der Waals surface area contributed by atoms with Crippen molar-refractivity contribution in [2.24, 2.45) is 0 Å². The summed E-state index contributed by atoms with van der Waals surface area (Å²) in [6.45, 7) is 4.32. The van der Waals surface area contributed by atoms with Gasteiger partial charge in [-0.05, 0) is 37.6 Å². The monoisotopic (exact) mass is 241 g/mol. The molecule has 2 rings (SSSR count).